The van der Waals surface area contributed by atoms with Gasteiger partial charge >= 0.3 is 7.60 Å². The molecule has 0 aliphatic rings. The lowest BCUT2D eigenvalue weighted by atomic mass is 10.1. The monoisotopic (exact) mass is 441 g/mol. The largest absolute Gasteiger partial charge is 0.489 e. The van der Waals surface area contributed by atoms with Crippen molar-refractivity contribution >= 4 is 18.8 Å². The molecule has 0 saturated carbocycles. The molecule has 3 N–H and O–H groups in total. The first kappa shape index (κ1) is 22.6. The molecule has 0 fully saturated rings. The Morgan fingerprint density at radius 2 is 1.48 bits per heavy atom. The van der Waals surface area contributed by atoms with E-state index in [1.807, 2.05) is 54.6 Å². The van der Waals surface area contributed by atoms with Crippen molar-refractivity contribution in [1.82, 2.24) is 5.32 Å². The average molecular weight is 441 g/mol. The van der Waals surface area contributed by atoms with Crippen LogP contribution >= 0.6 is 7.60 Å². The lowest BCUT2D eigenvalue weighted by Gasteiger charge is -2.13. The number of nitrogens with one attached hydrogen (secondary N) is 1. The first-order valence-corrected chi connectivity index (χ1v) is 11.3. The van der Waals surface area contributed by atoms with Crippen molar-refractivity contribution in [2.24, 2.45) is 0 Å². The van der Waals surface area contributed by atoms with Crippen LogP contribution in [-0.2, 0) is 22.4 Å². The molecule has 3 aromatic rings. The standard InChI is InChI=1S/C23H24NO6P/c25-23(17-30-21-12-6-7-13-22(21)31(26,27)28)24-15-14-19-10-4-5-11-20(19)29-16-18-8-2-1-3-9-18/h1-13H,14-17H2,(H,24,25)(H2,26,27,28). The number of ether oxygens (including phenoxy) is 2. The summed E-state index contributed by atoms with van der Waals surface area (Å²) in [6.07, 6.45) is 0.565. The smallest absolute Gasteiger partial charge is 0.359 e. The molecule has 0 bridgehead atoms. The van der Waals surface area contributed by atoms with Crippen molar-refractivity contribution in [3.8, 4) is 11.5 Å². The van der Waals surface area contributed by atoms with E-state index in [0.29, 0.717) is 19.6 Å². The summed E-state index contributed by atoms with van der Waals surface area (Å²) >= 11 is 0. The minimum atomic E-state index is -4.48. The van der Waals surface area contributed by atoms with Crippen LogP contribution in [0.25, 0.3) is 0 Å². The average Bonchev–Trinajstić information content (AvgIpc) is 2.77. The van der Waals surface area contributed by atoms with Gasteiger partial charge < -0.3 is 24.6 Å². The van der Waals surface area contributed by atoms with E-state index < -0.39 is 7.60 Å². The molecule has 0 aliphatic heterocycles. The SMILES string of the molecule is O=C(COc1ccccc1P(=O)(O)O)NCCc1ccccc1OCc1ccccc1. The summed E-state index contributed by atoms with van der Waals surface area (Å²) in [5, 5.41) is 2.50. The van der Waals surface area contributed by atoms with Gasteiger partial charge in [0, 0.05) is 6.54 Å². The maximum Gasteiger partial charge on any atom is 0.359 e. The van der Waals surface area contributed by atoms with Crippen molar-refractivity contribution in [3.63, 3.8) is 0 Å². The molecule has 0 aromatic heterocycles. The topological polar surface area (TPSA) is 105 Å². The highest BCUT2D eigenvalue weighted by Gasteiger charge is 2.22. The Labute approximate surface area is 180 Å². The number of carbonyl (C=O) groups is 1. The highest BCUT2D eigenvalue weighted by molar-refractivity contribution is 7.60. The molecule has 0 unspecified atom stereocenters. The van der Waals surface area contributed by atoms with E-state index in [-0.39, 0.29) is 23.6 Å². The molecule has 7 nitrogen and oxygen atoms in total. The van der Waals surface area contributed by atoms with Gasteiger partial charge in [0.1, 0.15) is 23.4 Å². The predicted molar refractivity (Wildman–Crippen MR) is 118 cm³/mol. The lowest BCUT2D eigenvalue weighted by molar-refractivity contribution is -0.123. The Balaban J connectivity index is 1.49. The Morgan fingerprint density at radius 1 is 0.839 bits per heavy atom. The Kier molecular flexibility index (Phi) is 7.84. The number of hydrogen-bond acceptors (Lipinski definition) is 4. The van der Waals surface area contributed by atoms with Gasteiger partial charge in [-0.1, -0.05) is 60.7 Å². The van der Waals surface area contributed by atoms with Gasteiger partial charge in [0.25, 0.3) is 5.91 Å². The van der Waals surface area contributed by atoms with E-state index >= 15 is 0 Å². The predicted octanol–water partition coefficient (Wildman–Crippen LogP) is 2.81. The van der Waals surface area contributed by atoms with Gasteiger partial charge in [0.15, 0.2) is 6.61 Å². The molecule has 0 spiro atoms. The highest BCUT2D eigenvalue weighted by Crippen LogP contribution is 2.37. The summed E-state index contributed by atoms with van der Waals surface area (Å²) in [4.78, 5) is 30.8. The number of amides is 1. The molecule has 0 heterocycles. The fourth-order valence-electron chi connectivity index (χ4n) is 2.94. The van der Waals surface area contributed by atoms with Crippen LogP contribution in [0.4, 0.5) is 0 Å². The van der Waals surface area contributed by atoms with Crippen LogP contribution in [0, 0.1) is 0 Å². The summed E-state index contributed by atoms with van der Waals surface area (Å²) in [7, 11) is -4.48. The fraction of sp³-hybridized carbons (Fsp3) is 0.174. The summed E-state index contributed by atoms with van der Waals surface area (Å²) in [6, 6.07) is 23.3. The molecule has 3 aromatic carbocycles. The second kappa shape index (κ2) is 10.8. The summed E-state index contributed by atoms with van der Waals surface area (Å²) in [5.41, 5.74) is 2.03. The molecule has 3 rings (SSSR count). The first-order chi connectivity index (χ1) is 14.9. The molecule has 162 valence electrons. The third-order valence-corrected chi connectivity index (χ3v) is 5.46. The van der Waals surface area contributed by atoms with Crippen LogP contribution in [0.5, 0.6) is 11.5 Å². The third kappa shape index (κ3) is 6.96. The van der Waals surface area contributed by atoms with Crippen LogP contribution in [0.3, 0.4) is 0 Å². The minimum Gasteiger partial charge on any atom is -0.489 e. The van der Waals surface area contributed by atoms with Crippen molar-refractivity contribution in [2.45, 2.75) is 13.0 Å². The van der Waals surface area contributed by atoms with Crippen LogP contribution in [0.15, 0.2) is 78.9 Å². The van der Waals surface area contributed by atoms with E-state index in [1.54, 1.807) is 6.07 Å². The maximum absolute atomic E-state index is 12.1. The lowest BCUT2D eigenvalue weighted by Crippen LogP contribution is -2.31. The van der Waals surface area contributed by atoms with Crippen LogP contribution in [-0.4, -0.2) is 28.8 Å². The Morgan fingerprint density at radius 3 is 2.23 bits per heavy atom. The van der Waals surface area contributed by atoms with E-state index in [2.05, 4.69) is 5.32 Å². The van der Waals surface area contributed by atoms with Gasteiger partial charge in [0.2, 0.25) is 0 Å². The van der Waals surface area contributed by atoms with Gasteiger partial charge in [-0.05, 0) is 35.7 Å². The molecule has 0 saturated heterocycles. The number of rotatable bonds is 10. The minimum absolute atomic E-state index is 0.00867. The maximum atomic E-state index is 12.1. The van der Waals surface area contributed by atoms with Crippen molar-refractivity contribution in [1.29, 1.82) is 0 Å². The summed E-state index contributed by atoms with van der Waals surface area (Å²) < 4.78 is 22.7. The van der Waals surface area contributed by atoms with Crippen LogP contribution in [0.1, 0.15) is 11.1 Å². The molecule has 31 heavy (non-hydrogen) atoms. The van der Waals surface area contributed by atoms with Gasteiger partial charge in [-0.3, -0.25) is 9.36 Å². The number of para-hydroxylation sites is 2. The van der Waals surface area contributed by atoms with Crippen LogP contribution in [0.2, 0.25) is 0 Å². The molecular formula is C23H24NO6P. The molecule has 0 radical (unpaired) electrons. The summed E-state index contributed by atoms with van der Waals surface area (Å²) in [5.74, 6) is 0.362. The number of carbonyl (C=O) groups excluding carboxylic acids is 1. The zero-order chi connectivity index (χ0) is 22.1. The van der Waals surface area contributed by atoms with Gasteiger partial charge in [-0.2, -0.15) is 0 Å². The molecule has 1 amide bonds. The molecular weight excluding hydrogens is 417 g/mol. The van der Waals surface area contributed by atoms with Gasteiger partial charge in [-0.15, -0.1) is 0 Å². The Hall–Kier alpha value is -3.12. The van der Waals surface area contributed by atoms with Crippen LogP contribution < -0.4 is 20.1 Å². The zero-order valence-electron chi connectivity index (χ0n) is 16.8. The second-order valence-corrected chi connectivity index (χ2v) is 8.35. The van der Waals surface area contributed by atoms with Crippen molar-refractivity contribution < 1.29 is 28.6 Å². The van der Waals surface area contributed by atoms with Crippen molar-refractivity contribution in [2.75, 3.05) is 13.2 Å². The molecule has 8 heteroatoms. The Bertz CT molecular complexity index is 1050. The van der Waals surface area contributed by atoms with Gasteiger partial charge in [0.05, 0.1) is 0 Å². The molecule has 0 atom stereocenters. The van der Waals surface area contributed by atoms with E-state index in [1.165, 1.54) is 18.2 Å². The molecule has 0 aliphatic carbocycles. The number of hydrogen-bond donors (Lipinski definition) is 3. The van der Waals surface area contributed by atoms with Crippen molar-refractivity contribution in [3.05, 3.63) is 90.0 Å². The van der Waals surface area contributed by atoms with E-state index in [9.17, 15) is 19.1 Å². The first-order valence-electron chi connectivity index (χ1n) is 9.73. The van der Waals surface area contributed by atoms with E-state index in [0.717, 1.165) is 16.9 Å². The quantitative estimate of drug-likeness (QED) is 0.418. The van der Waals surface area contributed by atoms with E-state index in [4.69, 9.17) is 9.47 Å². The zero-order valence-corrected chi connectivity index (χ0v) is 17.7. The third-order valence-electron chi connectivity index (χ3n) is 4.46. The van der Waals surface area contributed by atoms with Gasteiger partial charge in [-0.25, -0.2) is 0 Å². The fourth-order valence-corrected chi connectivity index (χ4v) is 3.64. The second-order valence-electron chi connectivity index (χ2n) is 6.78. The number of benzene rings is 3. The highest BCUT2D eigenvalue weighted by atomic mass is 31.2. The summed E-state index contributed by atoms with van der Waals surface area (Å²) in [6.45, 7) is 0.480. The normalized spacial score (nSPS) is 11.0.